The van der Waals surface area contributed by atoms with Gasteiger partial charge in [0, 0.05) is 31.7 Å². The van der Waals surface area contributed by atoms with Gasteiger partial charge in [0.05, 0.1) is 0 Å². The van der Waals surface area contributed by atoms with Crippen LogP contribution in [0.1, 0.15) is 56.9 Å². The van der Waals surface area contributed by atoms with Crippen LogP contribution in [0.4, 0.5) is 5.69 Å². The zero-order chi connectivity index (χ0) is 24.6. The smallest absolute Gasteiger partial charge is 0.286 e. The van der Waals surface area contributed by atoms with Crippen molar-refractivity contribution in [2.75, 3.05) is 18.4 Å². The van der Waals surface area contributed by atoms with Crippen LogP contribution in [0.3, 0.4) is 0 Å². The zero-order valence-electron chi connectivity index (χ0n) is 19.7. The van der Waals surface area contributed by atoms with Gasteiger partial charge in [-0.25, -0.2) is 0 Å². The molecular formula is C26H29N5O3S. The number of para-hydroxylation sites is 1. The first-order valence-corrected chi connectivity index (χ1v) is 12.7. The monoisotopic (exact) mass is 491 g/mol. The second-order valence-corrected chi connectivity index (χ2v) is 9.60. The summed E-state index contributed by atoms with van der Waals surface area (Å²) in [5.74, 6) is -0.339. The molecule has 0 aliphatic carbocycles. The summed E-state index contributed by atoms with van der Waals surface area (Å²) in [6, 6.07) is 17.3. The van der Waals surface area contributed by atoms with Gasteiger partial charge >= 0.3 is 0 Å². The Morgan fingerprint density at radius 2 is 1.60 bits per heavy atom. The number of carbonyl (C=O) groups is 3. The predicted molar refractivity (Wildman–Crippen MR) is 135 cm³/mol. The summed E-state index contributed by atoms with van der Waals surface area (Å²) in [6.07, 6.45) is 2.96. The molecule has 2 aromatic carbocycles. The molecule has 1 fully saturated rings. The second-order valence-electron chi connectivity index (χ2n) is 8.62. The average Bonchev–Trinajstić information content (AvgIpc) is 3.39. The van der Waals surface area contributed by atoms with Crippen molar-refractivity contribution in [1.29, 1.82) is 0 Å². The van der Waals surface area contributed by atoms with Gasteiger partial charge in [-0.1, -0.05) is 60.7 Å². The van der Waals surface area contributed by atoms with Crippen LogP contribution in [-0.2, 0) is 17.8 Å². The van der Waals surface area contributed by atoms with E-state index in [0.717, 1.165) is 36.2 Å². The van der Waals surface area contributed by atoms with Crippen LogP contribution in [0.25, 0.3) is 0 Å². The fourth-order valence-electron chi connectivity index (χ4n) is 4.01. The molecule has 1 saturated heterocycles. The Hall–Kier alpha value is -3.59. The maximum Gasteiger partial charge on any atom is 0.286 e. The molecule has 4 rings (SSSR count). The molecule has 0 saturated carbocycles. The number of aromatic nitrogens is 2. The predicted octanol–water partition coefficient (Wildman–Crippen LogP) is 3.91. The van der Waals surface area contributed by atoms with E-state index >= 15 is 0 Å². The maximum absolute atomic E-state index is 12.9. The molecule has 0 unspecified atom stereocenters. The number of hydrogen-bond donors (Lipinski definition) is 2. The van der Waals surface area contributed by atoms with Gasteiger partial charge in [-0.05, 0) is 48.4 Å². The largest absolute Gasteiger partial charge is 0.352 e. The molecule has 8 nitrogen and oxygen atoms in total. The van der Waals surface area contributed by atoms with Crippen molar-refractivity contribution in [3.8, 4) is 0 Å². The molecule has 0 bridgehead atoms. The van der Waals surface area contributed by atoms with Crippen molar-refractivity contribution < 1.29 is 14.4 Å². The molecule has 1 aromatic heterocycles. The lowest BCUT2D eigenvalue weighted by molar-refractivity contribution is -0.122. The van der Waals surface area contributed by atoms with E-state index in [1.165, 1.54) is 5.56 Å². The summed E-state index contributed by atoms with van der Waals surface area (Å²) in [4.78, 5) is 39.4. The van der Waals surface area contributed by atoms with Crippen LogP contribution in [-0.4, -0.2) is 45.9 Å². The molecule has 0 radical (unpaired) electrons. The highest BCUT2D eigenvalue weighted by Gasteiger charge is 2.27. The third-order valence-corrected chi connectivity index (χ3v) is 7.04. The molecule has 1 aliphatic rings. The summed E-state index contributed by atoms with van der Waals surface area (Å²) in [5.41, 5.74) is 3.02. The van der Waals surface area contributed by atoms with Gasteiger partial charge in [0.2, 0.25) is 15.9 Å². The summed E-state index contributed by atoms with van der Waals surface area (Å²) in [5, 5.41) is 13.9. The first-order chi connectivity index (χ1) is 17.0. The highest BCUT2D eigenvalue weighted by atomic mass is 32.1. The van der Waals surface area contributed by atoms with Gasteiger partial charge in [-0.2, -0.15) is 0 Å². The normalized spacial score (nSPS) is 13.9. The number of nitrogens with one attached hydrogen (secondary N) is 2. The van der Waals surface area contributed by atoms with E-state index in [1.54, 1.807) is 17.0 Å². The summed E-state index contributed by atoms with van der Waals surface area (Å²) in [6.45, 7) is 3.75. The molecule has 0 atom stereocenters. The molecule has 3 amide bonds. The number of likely N-dealkylation sites (tertiary alicyclic amines) is 1. The van der Waals surface area contributed by atoms with Crippen LogP contribution < -0.4 is 10.6 Å². The Morgan fingerprint density at radius 3 is 2.29 bits per heavy atom. The fourth-order valence-corrected chi connectivity index (χ4v) is 4.72. The van der Waals surface area contributed by atoms with E-state index in [4.69, 9.17) is 0 Å². The quantitative estimate of drug-likeness (QED) is 0.497. The van der Waals surface area contributed by atoms with E-state index in [2.05, 4.69) is 39.9 Å². The summed E-state index contributed by atoms with van der Waals surface area (Å²) in [7, 11) is 0. The third kappa shape index (κ3) is 6.73. The van der Waals surface area contributed by atoms with E-state index in [0.29, 0.717) is 31.7 Å². The van der Waals surface area contributed by atoms with Crippen molar-refractivity contribution in [1.82, 2.24) is 20.4 Å². The summed E-state index contributed by atoms with van der Waals surface area (Å²) >= 11 is 0.991. The Morgan fingerprint density at radius 1 is 0.943 bits per heavy atom. The number of amides is 3. The van der Waals surface area contributed by atoms with Gasteiger partial charge in [0.15, 0.2) is 0 Å². The number of benzene rings is 2. The molecule has 0 spiro atoms. The minimum Gasteiger partial charge on any atom is -0.352 e. The number of aryl methyl sites for hydroxylation is 1. The number of hydrogen-bond acceptors (Lipinski definition) is 6. The van der Waals surface area contributed by atoms with E-state index in [-0.39, 0.29) is 27.7 Å². The molecule has 9 heteroatoms. The van der Waals surface area contributed by atoms with E-state index in [9.17, 15) is 14.4 Å². The highest BCUT2D eigenvalue weighted by Crippen LogP contribution is 2.23. The fraction of sp³-hybridized carbons (Fsp3) is 0.346. The Kier molecular flexibility index (Phi) is 8.20. The van der Waals surface area contributed by atoms with Crippen LogP contribution in [0.15, 0.2) is 54.6 Å². The van der Waals surface area contributed by atoms with Gasteiger partial charge in [0.1, 0.15) is 0 Å². The number of rotatable bonds is 8. The van der Waals surface area contributed by atoms with Gasteiger partial charge in [-0.3, -0.25) is 14.4 Å². The second kappa shape index (κ2) is 11.7. The third-order valence-electron chi connectivity index (χ3n) is 6.13. The molecule has 3 aromatic rings. The van der Waals surface area contributed by atoms with Crippen molar-refractivity contribution >= 4 is 34.7 Å². The van der Waals surface area contributed by atoms with Crippen molar-refractivity contribution in [3.05, 3.63) is 75.7 Å². The minimum atomic E-state index is -0.390. The number of nitrogens with zero attached hydrogens (tertiary/aromatic N) is 3. The van der Waals surface area contributed by atoms with Gasteiger partial charge < -0.3 is 15.5 Å². The SMILES string of the molecule is CCc1ccc(CNC(=O)CC2CCN(C(=O)c3nnc(C(=O)Nc4ccccc4)s3)CC2)cc1. The lowest BCUT2D eigenvalue weighted by Crippen LogP contribution is -2.39. The molecule has 35 heavy (non-hydrogen) atoms. The van der Waals surface area contributed by atoms with Crippen LogP contribution in [0.5, 0.6) is 0 Å². The number of carbonyl (C=O) groups excluding carboxylic acids is 3. The maximum atomic E-state index is 12.9. The molecular weight excluding hydrogens is 462 g/mol. The van der Waals surface area contributed by atoms with Gasteiger partial charge in [0.25, 0.3) is 11.8 Å². The van der Waals surface area contributed by atoms with E-state index in [1.807, 2.05) is 30.3 Å². The van der Waals surface area contributed by atoms with Crippen LogP contribution in [0, 0.1) is 5.92 Å². The first-order valence-electron chi connectivity index (χ1n) is 11.9. The standard InChI is InChI=1S/C26H29N5O3S/c1-2-18-8-10-20(11-9-18)17-27-22(32)16-19-12-14-31(15-13-19)26(34)25-30-29-24(35-25)23(33)28-21-6-4-3-5-7-21/h3-11,19H,2,12-17H2,1H3,(H,27,32)(H,28,33). The van der Waals surface area contributed by atoms with Crippen molar-refractivity contribution in [3.63, 3.8) is 0 Å². The Labute approximate surface area is 208 Å². The lowest BCUT2D eigenvalue weighted by atomic mass is 9.93. The molecule has 2 heterocycles. The van der Waals surface area contributed by atoms with Gasteiger partial charge in [-0.15, -0.1) is 10.2 Å². The lowest BCUT2D eigenvalue weighted by Gasteiger charge is -2.31. The van der Waals surface area contributed by atoms with E-state index < -0.39 is 5.91 Å². The summed E-state index contributed by atoms with van der Waals surface area (Å²) < 4.78 is 0. The van der Waals surface area contributed by atoms with Crippen LogP contribution >= 0.6 is 11.3 Å². The average molecular weight is 492 g/mol. The molecule has 1 aliphatic heterocycles. The molecule has 2 N–H and O–H groups in total. The Balaban J connectivity index is 1.21. The first kappa shape index (κ1) is 24.5. The molecule has 182 valence electrons. The van der Waals surface area contributed by atoms with Crippen LogP contribution in [0.2, 0.25) is 0 Å². The Bertz CT molecular complexity index is 1160. The van der Waals surface area contributed by atoms with Crippen molar-refractivity contribution in [2.45, 2.75) is 39.2 Å². The highest BCUT2D eigenvalue weighted by molar-refractivity contribution is 7.15. The number of anilines is 1. The van der Waals surface area contributed by atoms with Crippen molar-refractivity contribution in [2.24, 2.45) is 5.92 Å². The minimum absolute atomic E-state index is 0.0348. The topological polar surface area (TPSA) is 104 Å². The zero-order valence-corrected chi connectivity index (χ0v) is 20.5. The number of piperidine rings is 1.